The molecule has 1 aromatic carbocycles. The van der Waals surface area contributed by atoms with E-state index < -0.39 is 24.3 Å². The normalized spacial score (nSPS) is 10.5. The zero-order valence-electron chi connectivity index (χ0n) is 13.9. The van der Waals surface area contributed by atoms with Gasteiger partial charge >= 0.3 is 5.97 Å². The lowest BCUT2D eigenvalue weighted by molar-refractivity contribution is -0.119. The molecule has 128 valence electrons. The molecule has 0 radical (unpaired) electrons. The van der Waals surface area contributed by atoms with Crippen LogP contribution in [-0.4, -0.2) is 18.5 Å². The number of benzene rings is 1. The molecule has 0 aliphatic heterocycles. The van der Waals surface area contributed by atoms with Gasteiger partial charge in [0.05, 0.1) is 0 Å². The monoisotopic (exact) mass is 349 g/mol. The molecule has 1 aromatic heterocycles. The first kappa shape index (κ1) is 18.1. The van der Waals surface area contributed by atoms with E-state index in [1.807, 2.05) is 13.0 Å². The summed E-state index contributed by atoms with van der Waals surface area (Å²) in [6, 6.07) is 6.21. The lowest BCUT2D eigenvalue weighted by Gasteiger charge is -2.07. The summed E-state index contributed by atoms with van der Waals surface area (Å²) in [5.41, 5.74) is 1.96. The number of amides is 1. The van der Waals surface area contributed by atoms with E-state index in [-0.39, 0.29) is 0 Å². The fourth-order valence-electron chi connectivity index (χ4n) is 2.21. The Morgan fingerprint density at radius 1 is 1.25 bits per heavy atom. The number of aryl methyl sites for hydroxylation is 3. The van der Waals surface area contributed by atoms with Crippen LogP contribution in [0.1, 0.15) is 39.0 Å². The number of hydrogen-bond acceptors (Lipinski definition) is 4. The molecule has 0 saturated heterocycles. The molecule has 0 aliphatic carbocycles. The predicted molar refractivity (Wildman–Crippen MR) is 93.1 cm³/mol. The van der Waals surface area contributed by atoms with Crippen molar-refractivity contribution in [2.45, 2.75) is 33.6 Å². The minimum absolute atomic E-state index is 0.330. The second-order valence-electron chi connectivity index (χ2n) is 5.53. The first-order valence-electron chi connectivity index (χ1n) is 7.73. The topological polar surface area (TPSA) is 55.4 Å². The van der Waals surface area contributed by atoms with Crippen LogP contribution < -0.4 is 5.32 Å². The highest BCUT2D eigenvalue weighted by Gasteiger charge is 2.15. The fraction of sp³-hybridized carbons (Fsp3) is 0.333. The van der Waals surface area contributed by atoms with Crippen LogP contribution in [0.4, 0.5) is 10.1 Å². The average molecular weight is 349 g/mol. The largest absolute Gasteiger partial charge is 0.451 e. The van der Waals surface area contributed by atoms with E-state index in [4.69, 9.17) is 4.74 Å². The molecule has 6 heteroatoms. The Labute approximate surface area is 144 Å². The van der Waals surface area contributed by atoms with Gasteiger partial charge in [0.1, 0.15) is 10.7 Å². The molecule has 0 saturated carbocycles. The molecule has 2 rings (SSSR count). The van der Waals surface area contributed by atoms with Crippen LogP contribution in [0.5, 0.6) is 0 Å². The molecular weight excluding hydrogens is 329 g/mol. The Morgan fingerprint density at radius 2 is 2.00 bits per heavy atom. The molecule has 0 unspecified atom stereocenters. The molecule has 0 aliphatic rings. The van der Waals surface area contributed by atoms with Crippen molar-refractivity contribution in [2.75, 3.05) is 11.9 Å². The van der Waals surface area contributed by atoms with Crippen molar-refractivity contribution in [3.05, 3.63) is 51.0 Å². The van der Waals surface area contributed by atoms with Gasteiger partial charge in [0, 0.05) is 10.6 Å². The number of nitrogens with one attached hydrogen (secondary N) is 1. The van der Waals surface area contributed by atoms with Crippen molar-refractivity contribution < 1.29 is 18.7 Å². The zero-order valence-corrected chi connectivity index (χ0v) is 14.8. The number of anilines is 1. The third kappa shape index (κ3) is 4.64. The maximum Gasteiger partial charge on any atom is 0.348 e. The molecule has 0 fully saturated rings. The van der Waals surface area contributed by atoms with Gasteiger partial charge in [0.25, 0.3) is 5.91 Å². The first-order chi connectivity index (χ1) is 11.4. The number of thiophene rings is 1. The van der Waals surface area contributed by atoms with Gasteiger partial charge in [-0.2, -0.15) is 0 Å². The summed E-state index contributed by atoms with van der Waals surface area (Å²) >= 11 is 1.37. The summed E-state index contributed by atoms with van der Waals surface area (Å²) in [5.74, 6) is -1.42. The Balaban J connectivity index is 1.90. The van der Waals surface area contributed by atoms with E-state index in [1.165, 1.54) is 17.4 Å². The van der Waals surface area contributed by atoms with Gasteiger partial charge < -0.3 is 10.1 Å². The van der Waals surface area contributed by atoms with Crippen LogP contribution >= 0.6 is 11.3 Å². The predicted octanol–water partition coefficient (Wildman–Crippen LogP) is 4.25. The summed E-state index contributed by atoms with van der Waals surface area (Å²) in [6.45, 7) is 5.27. The third-order valence-corrected chi connectivity index (χ3v) is 4.60. The lowest BCUT2D eigenvalue weighted by Crippen LogP contribution is -2.20. The van der Waals surface area contributed by atoms with Crippen molar-refractivity contribution in [3.8, 4) is 0 Å². The number of carbonyl (C=O) groups excluding carboxylic acids is 2. The number of ether oxygens (including phenoxy) is 1. The van der Waals surface area contributed by atoms with Crippen LogP contribution in [0.2, 0.25) is 0 Å². The van der Waals surface area contributed by atoms with Gasteiger partial charge in [-0.3, -0.25) is 4.79 Å². The quantitative estimate of drug-likeness (QED) is 0.793. The van der Waals surface area contributed by atoms with E-state index in [2.05, 4.69) is 12.2 Å². The van der Waals surface area contributed by atoms with E-state index >= 15 is 0 Å². The molecule has 24 heavy (non-hydrogen) atoms. The van der Waals surface area contributed by atoms with E-state index in [0.29, 0.717) is 16.1 Å². The third-order valence-electron chi connectivity index (χ3n) is 3.53. The van der Waals surface area contributed by atoms with Crippen LogP contribution in [0.3, 0.4) is 0 Å². The Bertz CT molecular complexity index is 755. The van der Waals surface area contributed by atoms with Crippen molar-refractivity contribution in [2.24, 2.45) is 0 Å². The van der Waals surface area contributed by atoms with Gasteiger partial charge in [-0.05, 0) is 49.6 Å². The Hall–Kier alpha value is -2.21. The standard InChI is InChI=1S/C18H20FNO3S/c1-4-5-13-8-16(24-12(13)3)18(22)23-10-17(21)20-14-7-6-11(2)15(19)9-14/h6-9H,4-5,10H2,1-3H3,(H,20,21). The van der Waals surface area contributed by atoms with Gasteiger partial charge in [-0.1, -0.05) is 19.4 Å². The molecule has 0 atom stereocenters. The van der Waals surface area contributed by atoms with Crippen molar-refractivity contribution >= 4 is 28.9 Å². The lowest BCUT2D eigenvalue weighted by atomic mass is 10.1. The molecular formula is C18H20FNO3S. The Kier molecular flexibility index (Phi) is 6.09. The molecule has 0 bridgehead atoms. The van der Waals surface area contributed by atoms with Crippen molar-refractivity contribution in [3.63, 3.8) is 0 Å². The fourth-order valence-corrected chi connectivity index (χ4v) is 3.17. The maximum atomic E-state index is 13.4. The van der Waals surface area contributed by atoms with Gasteiger partial charge in [0.15, 0.2) is 6.61 Å². The average Bonchev–Trinajstić information content (AvgIpc) is 2.90. The summed E-state index contributed by atoms with van der Waals surface area (Å²) in [5, 5.41) is 2.50. The van der Waals surface area contributed by atoms with E-state index in [1.54, 1.807) is 19.1 Å². The molecule has 1 amide bonds. The van der Waals surface area contributed by atoms with Crippen LogP contribution in [0, 0.1) is 19.7 Å². The molecule has 4 nitrogen and oxygen atoms in total. The zero-order chi connectivity index (χ0) is 17.7. The minimum atomic E-state index is -0.518. The molecule has 1 heterocycles. The second kappa shape index (κ2) is 8.06. The van der Waals surface area contributed by atoms with Gasteiger partial charge in [0.2, 0.25) is 0 Å². The second-order valence-corrected chi connectivity index (χ2v) is 6.79. The molecule has 2 aromatic rings. The SMILES string of the molecule is CCCc1cc(C(=O)OCC(=O)Nc2ccc(C)c(F)c2)sc1C. The summed E-state index contributed by atoms with van der Waals surface area (Å²) in [7, 11) is 0. The molecule has 1 N–H and O–H groups in total. The smallest absolute Gasteiger partial charge is 0.348 e. The summed E-state index contributed by atoms with van der Waals surface area (Å²) < 4.78 is 18.5. The van der Waals surface area contributed by atoms with Crippen LogP contribution in [-0.2, 0) is 16.0 Å². The van der Waals surface area contributed by atoms with Crippen LogP contribution in [0.25, 0.3) is 0 Å². The number of halogens is 1. The Morgan fingerprint density at radius 3 is 2.67 bits per heavy atom. The summed E-state index contributed by atoms with van der Waals surface area (Å²) in [4.78, 5) is 25.4. The maximum absolute atomic E-state index is 13.4. The van der Waals surface area contributed by atoms with Gasteiger partial charge in [-0.15, -0.1) is 11.3 Å². The number of carbonyl (C=O) groups is 2. The highest BCUT2D eigenvalue weighted by Crippen LogP contribution is 2.23. The molecule has 0 spiro atoms. The summed E-state index contributed by atoms with van der Waals surface area (Å²) in [6.07, 6.45) is 1.91. The first-order valence-corrected chi connectivity index (χ1v) is 8.54. The number of rotatable bonds is 6. The van der Waals surface area contributed by atoms with Crippen molar-refractivity contribution in [1.29, 1.82) is 0 Å². The highest BCUT2D eigenvalue weighted by atomic mass is 32.1. The van der Waals surface area contributed by atoms with Crippen LogP contribution in [0.15, 0.2) is 24.3 Å². The van der Waals surface area contributed by atoms with Crippen molar-refractivity contribution in [1.82, 2.24) is 0 Å². The van der Waals surface area contributed by atoms with E-state index in [9.17, 15) is 14.0 Å². The number of esters is 1. The number of hydrogen-bond donors (Lipinski definition) is 1. The highest BCUT2D eigenvalue weighted by molar-refractivity contribution is 7.14. The van der Waals surface area contributed by atoms with E-state index in [0.717, 1.165) is 23.3 Å². The minimum Gasteiger partial charge on any atom is -0.451 e. The van der Waals surface area contributed by atoms with Gasteiger partial charge in [-0.25, -0.2) is 9.18 Å².